The van der Waals surface area contributed by atoms with Crippen molar-refractivity contribution >= 4 is 0 Å². The molecule has 0 aliphatic carbocycles. The number of nitrogens with zero attached hydrogens (tertiary/aromatic N) is 2. The highest BCUT2D eigenvalue weighted by molar-refractivity contribution is 5.09. The second kappa shape index (κ2) is 5.61. The monoisotopic (exact) mass is 233 g/mol. The van der Waals surface area contributed by atoms with E-state index in [0.29, 0.717) is 5.41 Å². The van der Waals surface area contributed by atoms with Gasteiger partial charge >= 0.3 is 0 Å². The van der Waals surface area contributed by atoms with Crippen LogP contribution in [0.1, 0.15) is 18.9 Å². The number of rotatable bonds is 5. The molecule has 0 aromatic carbocycles. The summed E-state index contributed by atoms with van der Waals surface area (Å²) in [4.78, 5) is 6.50. The predicted molar refractivity (Wildman–Crippen MR) is 71.0 cm³/mol. The molecule has 1 fully saturated rings. The Morgan fingerprint density at radius 2 is 2.18 bits per heavy atom. The summed E-state index contributed by atoms with van der Waals surface area (Å²) in [5, 5.41) is 3.46. The zero-order valence-corrected chi connectivity index (χ0v) is 10.9. The lowest BCUT2D eigenvalue weighted by molar-refractivity contribution is 0.211. The van der Waals surface area contributed by atoms with Gasteiger partial charge in [0.1, 0.15) is 0 Å². The summed E-state index contributed by atoms with van der Waals surface area (Å²) in [6, 6.07) is 4.21. The third-order valence-electron chi connectivity index (χ3n) is 3.64. The number of pyridine rings is 1. The van der Waals surface area contributed by atoms with Crippen molar-refractivity contribution < 1.29 is 0 Å². The molecule has 94 valence electrons. The molecular weight excluding hydrogens is 210 g/mol. The number of hydrogen-bond acceptors (Lipinski definition) is 3. The number of hydrogen-bond donors (Lipinski definition) is 1. The third kappa shape index (κ3) is 3.79. The molecule has 0 spiro atoms. The highest BCUT2D eigenvalue weighted by Gasteiger charge is 2.29. The smallest absolute Gasteiger partial charge is 0.0270 e. The molecule has 1 aliphatic heterocycles. The van der Waals surface area contributed by atoms with E-state index in [0.717, 1.165) is 19.5 Å². The zero-order valence-electron chi connectivity index (χ0n) is 10.9. The summed E-state index contributed by atoms with van der Waals surface area (Å²) in [6.07, 6.45) is 6.16. The van der Waals surface area contributed by atoms with Crippen LogP contribution in [0.2, 0.25) is 0 Å². The molecule has 0 bridgehead atoms. The molecule has 3 heteroatoms. The topological polar surface area (TPSA) is 28.2 Å². The van der Waals surface area contributed by atoms with E-state index in [1.165, 1.54) is 25.1 Å². The maximum Gasteiger partial charge on any atom is 0.0270 e. The van der Waals surface area contributed by atoms with Crippen LogP contribution < -0.4 is 5.32 Å². The molecular formula is C14H23N3. The average Bonchev–Trinajstić information content (AvgIpc) is 2.74. The van der Waals surface area contributed by atoms with E-state index in [1.54, 1.807) is 0 Å². The Morgan fingerprint density at radius 1 is 1.41 bits per heavy atom. The Hall–Kier alpha value is -0.930. The minimum Gasteiger partial charge on any atom is -0.316 e. The van der Waals surface area contributed by atoms with E-state index in [1.807, 2.05) is 12.4 Å². The van der Waals surface area contributed by atoms with Crippen LogP contribution in [0.3, 0.4) is 0 Å². The summed E-state index contributed by atoms with van der Waals surface area (Å²) in [6.45, 7) is 7.03. The fraction of sp³-hybridized carbons (Fsp3) is 0.643. The van der Waals surface area contributed by atoms with Crippen LogP contribution >= 0.6 is 0 Å². The van der Waals surface area contributed by atoms with E-state index in [4.69, 9.17) is 0 Å². The van der Waals surface area contributed by atoms with Crippen LogP contribution in [-0.4, -0.2) is 43.1 Å². The minimum atomic E-state index is 0.465. The zero-order chi connectivity index (χ0) is 12.1. The summed E-state index contributed by atoms with van der Waals surface area (Å²) in [5.41, 5.74) is 1.84. The molecule has 1 aliphatic rings. The molecule has 17 heavy (non-hydrogen) atoms. The summed E-state index contributed by atoms with van der Waals surface area (Å²) in [5.74, 6) is 0. The summed E-state index contributed by atoms with van der Waals surface area (Å²) >= 11 is 0. The van der Waals surface area contributed by atoms with Gasteiger partial charge in [0.2, 0.25) is 0 Å². The van der Waals surface area contributed by atoms with E-state index in [2.05, 4.69) is 41.3 Å². The van der Waals surface area contributed by atoms with Gasteiger partial charge in [-0.2, -0.15) is 0 Å². The maximum absolute atomic E-state index is 4.04. The van der Waals surface area contributed by atoms with Gasteiger partial charge in [-0.05, 0) is 49.5 Å². The molecule has 1 aromatic heterocycles. The Labute approximate surface area is 104 Å². The van der Waals surface area contributed by atoms with Crippen molar-refractivity contribution in [3.63, 3.8) is 0 Å². The van der Waals surface area contributed by atoms with Crippen molar-refractivity contribution in [1.29, 1.82) is 0 Å². The van der Waals surface area contributed by atoms with Crippen LogP contribution in [0, 0.1) is 5.41 Å². The average molecular weight is 233 g/mol. The van der Waals surface area contributed by atoms with Gasteiger partial charge < -0.3 is 10.2 Å². The number of aromatic nitrogens is 1. The molecule has 1 saturated heterocycles. The van der Waals surface area contributed by atoms with Crippen molar-refractivity contribution in [2.75, 3.05) is 33.2 Å². The Morgan fingerprint density at radius 3 is 2.82 bits per heavy atom. The van der Waals surface area contributed by atoms with E-state index < -0.39 is 0 Å². The molecule has 1 unspecified atom stereocenters. The van der Waals surface area contributed by atoms with Crippen LogP contribution in [0.15, 0.2) is 24.5 Å². The lowest BCUT2D eigenvalue weighted by atomic mass is 9.89. The van der Waals surface area contributed by atoms with Crippen molar-refractivity contribution in [3.05, 3.63) is 30.1 Å². The Kier molecular flexibility index (Phi) is 4.13. The maximum atomic E-state index is 4.04. The van der Waals surface area contributed by atoms with E-state index in [9.17, 15) is 0 Å². The van der Waals surface area contributed by atoms with Gasteiger partial charge in [0.15, 0.2) is 0 Å². The first-order valence-corrected chi connectivity index (χ1v) is 6.46. The second-order valence-electron chi connectivity index (χ2n) is 5.58. The number of nitrogens with one attached hydrogen (secondary N) is 1. The van der Waals surface area contributed by atoms with Gasteiger partial charge in [-0.15, -0.1) is 0 Å². The second-order valence-corrected chi connectivity index (χ2v) is 5.58. The third-order valence-corrected chi connectivity index (χ3v) is 3.64. The standard InChI is InChI=1S/C14H23N3/c1-14(6-9-16-11-14)12-17(2)10-5-13-3-7-15-8-4-13/h3-4,7-8,16H,5-6,9-12H2,1-2H3. The first kappa shape index (κ1) is 12.5. The van der Waals surface area contributed by atoms with Crippen LogP contribution in [-0.2, 0) is 6.42 Å². The molecule has 0 radical (unpaired) electrons. The first-order valence-electron chi connectivity index (χ1n) is 6.46. The molecule has 1 N–H and O–H groups in total. The largest absolute Gasteiger partial charge is 0.316 e. The summed E-state index contributed by atoms with van der Waals surface area (Å²) in [7, 11) is 2.23. The highest BCUT2D eigenvalue weighted by atomic mass is 15.1. The molecule has 0 amide bonds. The lowest BCUT2D eigenvalue weighted by Crippen LogP contribution is -2.36. The summed E-state index contributed by atoms with van der Waals surface area (Å²) < 4.78 is 0. The van der Waals surface area contributed by atoms with E-state index >= 15 is 0 Å². The van der Waals surface area contributed by atoms with Gasteiger partial charge in [-0.25, -0.2) is 0 Å². The highest BCUT2D eigenvalue weighted by Crippen LogP contribution is 2.25. The predicted octanol–water partition coefficient (Wildman–Crippen LogP) is 1.56. The fourth-order valence-electron chi connectivity index (χ4n) is 2.60. The van der Waals surface area contributed by atoms with Crippen molar-refractivity contribution in [3.8, 4) is 0 Å². The normalized spacial score (nSPS) is 24.4. The quantitative estimate of drug-likeness (QED) is 0.836. The van der Waals surface area contributed by atoms with Gasteiger partial charge in [0.05, 0.1) is 0 Å². The molecule has 3 nitrogen and oxygen atoms in total. The first-order chi connectivity index (χ1) is 8.18. The van der Waals surface area contributed by atoms with Crippen molar-refractivity contribution in [2.24, 2.45) is 5.41 Å². The Bertz CT molecular complexity index is 331. The molecule has 0 saturated carbocycles. The molecule has 1 atom stereocenters. The van der Waals surface area contributed by atoms with Gasteiger partial charge in [-0.3, -0.25) is 4.98 Å². The molecule has 1 aromatic rings. The number of likely N-dealkylation sites (N-methyl/N-ethyl adjacent to an activating group) is 1. The lowest BCUT2D eigenvalue weighted by Gasteiger charge is -2.29. The van der Waals surface area contributed by atoms with Crippen LogP contribution in [0.25, 0.3) is 0 Å². The van der Waals surface area contributed by atoms with Crippen LogP contribution in [0.5, 0.6) is 0 Å². The fourth-order valence-corrected chi connectivity index (χ4v) is 2.60. The van der Waals surface area contributed by atoms with Crippen molar-refractivity contribution in [1.82, 2.24) is 15.2 Å². The molecule has 2 rings (SSSR count). The van der Waals surface area contributed by atoms with E-state index in [-0.39, 0.29) is 0 Å². The van der Waals surface area contributed by atoms with Crippen LogP contribution in [0.4, 0.5) is 0 Å². The minimum absolute atomic E-state index is 0.465. The Balaban J connectivity index is 1.76. The molecule has 2 heterocycles. The van der Waals surface area contributed by atoms with Gasteiger partial charge in [0.25, 0.3) is 0 Å². The van der Waals surface area contributed by atoms with Gasteiger partial charge in [-0.1, -0.05) is 6.92 Å². The SMILES string of the molecule is CN(CCc1ccncc1)CC1(C)CCNC1. The van der Waals surface area contributed by atoms with Crippen molar-refractivity contribution in [2.45, 2.75) is 19.8 Å². The van der Waals surface area contributed by atoms with Gasteiger partial charge in [0, 0.05) is 32.0 Å².